The summed E-state index contributed by atoms with van der Waals surface area (Å²) in [6.07, 6.45) is 0. The summed E-state index contributed by atoms with van der Waals surface area (Å²) in [5.41, 5.74) is 0.572. The Balaban J connectivity index is 2.49. The van der Waals surface area contributed by atoms with Gasteiger partial charge in [-0.2, -0.15) is 4.98 Å². The van der Waals surface area contributed by atoms with E-state index in [2.05, 4.69) is 4.98 Å². The number of hydrogen-bond donors (Lipinski definition) is 0. The molecule has 0 aliphatic carbocycles. The maximum Gasteiger partial charge on any atom is 0.331 e. The molecule has 6 heteroatoms. The van der Waals surface area contributed by atoms with Crippen LogP contribution in [0.15, 0.2) is 36.4 Å². The zero-order valence-corrected chi connectivity index (χ0v) is 13.0. The molecule has 1 aromatic carbocycles. The predicted molar refractivity (Wildman–Crippen MR) is 82.7 cm³/mol. The fourth-order valence-electron chi connectivity index (χ4n) is 2.02. The fourth-order valence-corrected chi connectivity index (χ4v) is 2.02. The Hall–Kier alpha value is -2.63. The van der Waals surface area contributed by atoms with Crippen LogP contribution in [0.25, 0.3) is 0 Å². The number of nitro groups is 1. The average Bonchev–Trinajstić information content (AvgIpc) is 2.46. The van der Waals surface area contributed by atoms with E-state index in [0.717, 1.165) is 5.56 Å². The maximum absolute atomic E-state index is 11.1. The Morgan fingerprint density at radius 3 is 2.41 bits per heavy atom. The lowest BCUT2D eigenvalue weighted by Gasteiger charge is -2.22. The Labute approximate surface area is 128 Å². The minimum absolute atomic E-state index is 0.0824. The Morgan fingerprint density at radius 1 is 1.14 bits per heavy atom. The van der Waals surface area contributed by atoms with Crippen molar-refractivity contribution in [2.45, 2.75) is 26.2 Å². The maximum atomic E-state index is 11.1. The van der Waals surface area contributed by atoms with Crippen LogP contribution in [0.3, 0.4) is 0 Å². The highest BCUT2D eigenvalue weighted by Crippen LogP contribution is 2.37. The normalized spacial score (nSPS) is 11.1. The van der Waals surface area contributed by atoms with Crippen LogP contribution in [0.2, 0.25) is 0 Å². The van der Waals surface area contributed by atoms with Gasteiger partial charge in [-0.1, -0.05) is 39.0 Å². The summed E-state index contributed by atoms with van der Waals surface area (Å²) in [6, 6.07) is 10.2. The molecule has 0 saturated heterocycles. The quantitative estimate of drug-likeness (QED) is 0.628. The number of aromatic nitrogens is 1. The number of pyridine rings is 1. The summed E-state index contributed by atoms with van der Waals surface area (Å²) in [5, 5.41) is 11.1. The molecular weight excluding hydrogens is 284 g/mol. The third-order valence-electron chi connectivity index (χ3n) is 3.12. The molecule has 0 aliphatic rings. The topological polar surface area (TPSA) is 74.5 Å². The van der Waals surface area contributed by atoms with Gasteiger partial charge in [-0.3, -0.25) is 10.1 Å². The third kappa shape index (κ3) is 3.33. The van der Waals surface area contributed by atoms with Gasteiger partial charge in [0.25, 0.3) is 0 Å². The van der Waals surface area contributed by atoms with Crippen LogP contribution in [0.4, 0.5) is 5.69 Å². The van der Waals surface area contributed by atoms with Crippen molar-refractivity contribution in [3.8, 4) is 17.5 Å². The molecule has 116 valence electrons. The van der Waals surface area contributed by atoms with E-state index in [1.54, 1.807) is 6.07 Å². The van der Waals surface area contributed by atoms with Crippen molar-refractivity contribution in [2.24, 2.45) is 0 Å². The fraction of sp³-hybridized carbons (Fsp3) is 0.312. The highest BCUT2D eigenvalue weighted by atomic mass is 16.6. The van der Waals surface area contributed by atoms with Gasteiger partial charge in [0.2, 0.25) is 5.88 Å². The number of hydrogen-bond acceptors (Lipinski definition) is 5. The largest absolute Gasteiger partial charge is 0.481 e. The van der Waals surface area contributed by atoms with Crippen LogP contribution in [0.1, 0.15) is 26.3 Å². The second-order valence-corrected chi connectivity index (χ2v) is 5.78. The second-order valence-electron chi connectivity index (χ2n) is 5.78. The van der Waals surface area contributed by atoms with Gasteiger partial charge in [0.1, 0.15) is 5.75 Å². The van der Waals surface area contributed by atoms with Gasteiger partial charge in [-0.25, -0.2) is 0 Å². The summed E-state index contributed by atoms with van der Waals surface area (Å²) in [4.78, 5) is 14.7. The smallest absolute Gasteiger partial charge is 0.331 e. The molecule has 1 aromatic heterocycles. The van der Waals surface area contributed by atoms with Crippen LogP contribution in [0.5, 0.6) is 17.5 Å². The second kappa shape index (κ2) is 6.01. The molecule has 6 nitrogen and oxygen atoms in total. The molecule has 2 aromatic rings. The van der Waals surface area contributed by atoms with E-state index in [1.807, 2.05) is 39.0 Å². The summed E-state index contributed by atoms with van der Waals surface area (Å²) in [5.74, 6) is 0.716. The lowest BCUT2D eigenvalue weighted by Crippen LogP contribution is -2.12. The van der Waals surface area contributed by atoms with Crippen molar-refractivity contribution in [1.82, 2.24) is 4.98 Å². The molecule has 0 amide bonds. The van der Waals surface area contributed by atoms with Crippen molar-refractivity contribution in [1.29, 1.82) is 0 Å². The number of nitrogens with zero attached hydrogens (tertiary/aromatic N) is 2. The van der Waals surface area contributed by atoms with Gasteiger partial charge >= 0.3 is 11.6 Å². The zero-order valence-electron chi connectivity index (χ0n) is 13.0. The molecule has 0 atom stereocenters. The Kier molecular flexibility index (Phi) is 4.30. The lowest BCUT2D eigenvalue weighted by atomic mass is 9.86. The summed E-state index contributed by atoms with van der Waals surface area (Å²) >= 11 is 0. The van der Waals surface area contributed by atoms with E-state index in [9.17, 15) is 10.1 Å². The zero-order chi connectivity index (χ0) is 16.3. The van der Waals surface area contributed by atoms with Gasteiger partial charge in [0.15, 0.2) is 0 Å². The van der Waals surface area contributed by atoms with E-state index in [1.165, 1.54) is 19.2 Å². The predicted octanol–water partition coefficient (Wildman–Crippen LogP) is 4.09. The number of methoxy groups -OCH3 is 1. The van der Waals surface area contributed by atoms with Gasteiger partial charge in [0.05, 0.1) is 12.0 Å². The SMILES string of the molecule is COc1ccc([N+](=O)[O-])c(Oc2ccccc2C(C)(C)C)n1. The molecule has 0 spiro atoms. The van der Waals surface area contributed by atoms with Crippen molar-refractivity contribution < 1.29 is 14.4 Å². The summed E-state index contributed by atoms with van der Waals surface area (Å²) in [6.45, 7) is 6.13. The first-order valence-corrected chi connectivity index (χ1v) is 6.79. The average molecular weight is 302 g/mol. The lowest BCUT2D eigenvalue weighted by molar-refractivity contribution is -0.386. The van der Waals surface area contributed by atoms with Crippen molar-refractivity contribution >= 4 is 5.69 Å². The highest BCUT2D eigenvalue weighted by molar-refractivity contribution is 5.48. The molecule has 0 bridgehead atoms. The highest BCUT2D eigenvalue weighted by Gasteiger charge is 2.23. The van der Waals surface area contributed by atoms with Crippen LogP contribution >= 0.6 is 0 Å². The van der Waals surface area contributed by atoms with Gasteiger partial charge < -0.3 is 9.47 Å². The Bertz CT molecular complexity index is 693. The molecule has 0 N–H and O–H groups in total. The standard InChI is InChI=1S/C16H18N2O4/c1-16(2,3)11-7-5-6-8-13(11)22-15-12(18(19)20)9-10-14(17-15)21-4/h5-10H,1-4H3. The molecule has 0 aliphatic heterocycles. The molecule has 0 radical (unpaired) electrons. The molecule has 1 heterocycles. The molecular formula is C16H18N2O4. The number of para-hydroxylation sites is 1. The summed E-state index contributed by atoms with van der Waals surface area (Å²) < 4.78 is 10.7. The van der Waals surface area contributed by atoms with Crippen LogP contribution in [-0.2, 0) is 5.41 Å². The van der Waals surface area contributed by atoms with E-state index >= 15 is 0 Å². The van der Waals surface area contributed by atoms with Crippen molar-refractivity contribution in [3.63, 3.8) is 0 Å². The molecule has 0 unspecified atom stereocenters. The van der Waals surface area contributed by atoms with Crippen LogP contribution in [0, 0.1) is 10.1 Å². The van der Waals surface area contributed by atoms with Crippen LogP contribution in [-0.4, -0.2) is 17.0 Å². The Morgan fingerprint density at radius 2 is 1.82 bits per heavy atom. The van der Waals surface area contributed by atoms with Crippen LogP contribution < -0.4 is 9.47 Å². The first-order chi connectivity index (χ1) is 10.3. The minimum Gasteiger partial charge on any atom is -0.481 e. The van der Waals surface area contributed by atoms with Gasteiger partial charge in [-0.05, 0) is 11.5 Å². The first-order valence-electron chi connectivity index (χ1n) is 6.79. The molecule has 0 saturated carbocycles. The number of benzene rings is 1. The van der Waals surface area contributed by atoms with Gasteiger partial charge in [0, 0.05) is 17.7 Å². The molecule has 2 rings (SSSR count). The molecule has 22 heavy (non-hydrogen) atoms. The van der Waals surface area contributed by atoms with Gasteiger partial charge in [-0.15, -0.1) is 0 Å². The van der Waals surface area contributed by atoms with E-state index in [-0.39, 0.29) is 22.9 Å². The molecule has 0 fully saturated rings. The number of rotatable bonds is 4. The van der Waals surface area contributed by atoms with Crippen molar-refractivity contribution in [3.05, 3.63) is 52.1 Å². The van der Waals surface area contributed by atoms with E-state index in [0.29, 0.717) is 5.75 Å². The van der Waals surface area contributed by atoms with E-state index in [4.69, 9.17) is 9.47 Å². The number of ether oxygens (including phenoxy) is 2. The minimum atomic E-state index is -0.526. The monoisotopic (exact) mass is 302 g/mol. The van der Waals surface area contributed by atoms with E-state index < -0.39 is 4.92 Å². The third-order valence-corrected chi connectivity index (χ3v) is 3.12. The summed E-state index contributed by atoms with van der Waals surface area (Å²) in [7, 11) is 1.45. The van der Waals surface area contributed by atoms with Crippen molar-refractivity contribution in [2.75, 3.05) is 7.11 Å². The first kappa shape index (κ1) is 15.8.